The summed E-state index contributed by atoms with van der Waals surface area (Å²) in [4.78, 5) is 26.2. The largest absolute Gasteiger partial charge is 0.480 e. The molecule has 4 rings (SSSR count). The first-order chi connectivity index (χ1) is 14.6. The van der Waals surface area contributed by atoms with Crippen LogP contribution in [0.5, 0.6) is 0 Å². The highest BCUT2D eigenvalue weighted by molar-refractivity contribution is 7.99. The van der Waals surface area contributed by atoms with E-state index in [0.29, 0.717) is 13.0 Å². The molecule has 1 amide bonds. The average molecular weight is 427 g/mol. The Bertz CT molecular complexity index is 868. The number of thioether (sulfide) groups is 1. The van der Waals surface area contributed by atoms with Gasteiger partial charge in [-0.2, -0.15) is 11.8 Å². The second-order valence-electron chi connectivity index (χ2n) is 7.60. The van der Waals surface area contributed by atoms with Crippen molar-refractivity contribution < 1.29 is 19.4 Å². The van der Waals surface area contributed by atoms with Crippen LogP contribution in [0.3, 0.4) is 0 Å². The molecule has 1 fully saturated rings. The molecule has 0 radical (unpaired) electrons. The van der Waals surface area contributed by atoms with Crippen molar-refractivity contribution in [3.63, 3.8) is 0 Å². The van der Waals surface area contributed by atoms with Gasteiger partial charge < -0.3 is 20.1 Å². The molecular formula is C23H26N2O4S. The van der Waals surface area contributed by atoms with Gasteiger partial charge in [0.2, 0.25) is 0 Å². The van der Waals surface area contributed by atoms with Crippen molar-refractivity contribution in [2.75, 3.05) is 37.7 Å². The van der Waals surface area contributed by atoms with Crippen molar-refractivity contribution in [3.05, 3.63) is 59.7 Å². The molecule has 158 valence electrons. The number of nitrogens with one attached hydrogen (secondary N) is 1. The van der Waals surface area contributed by atoms with Crippen molar-refractivity contribution in [2.45, 2.75) is 18.4 Å². The lowest BCUT2D eigenvalue weighted by Gasteiger charge is -2.27. The van der Waals surface area contributed by atoms with E-state index in [9.17, 15) is 14.7 Å². The van der Waals surface area contributed by atoms with Crippen LogP contribution >= 0.6 is 11.8 Å². The number of hydrogen-bond donors (Lipinski definition) is 2. The van der Waals surface area contributed by atoms with Gasteiger partial charge in [-0.05, 0) is 28.7 Å². The molecule has 1 heterocycles. The first kappa shape index (κ1) is 20.8. The predicted molar refractivity (Wildman–Crippen MR) is 118 cm³/mol. The van der Waals surface area contributed by atoms with Gasteiger partial charge in [0.25, 0.3) is 0 Å². The Labute approximate surface area is 180 Å². The standard InChI is InChI=1S/C23H26N2O4S/c26-22(27)21(9-10-25-11-13-30-14-12-25)24-23(28)29-15-20-18-7-3-1-5-16(18)17-6-2-4-8-19(17)20/h1-8,20-21H,9-15H2,(H,24,28)(H,26,27). The first-order valence-corrected chi connectivity index (χ1v) is 11.4. The summed E-state index contributed by atoms with van der Waals surface area (Å²) in [5, 5.41) is 12.0. The monoisotopic (exact) mass is 426 g/mol. The van der Waals surface area contributed by atoms with Crippen LogP contribution < -0.4 is 5.32 Å². The molecule has 2 N–H and O–H groups in total. The minimum atomic E-state index is -1.03. The molecule has 6 nitrogen and oxygen atoms in total. The molecule has 2 aromatic rings. The number of carboxylic acids is 1. The van der Waals surface area contributed by atoms with Crippen LogP contribution in [-0.4, -0.2) is 65.9 Å². The second kappa shape index (κ2) is 9.53. The third-order valence-corrected chi connectivity index (χ3v) is 6.71. The van der Waals surface area contributed by atoms with Crippen molar-refractivity contribution >= 4 is 23.8 Å². The van der Waals surface area contributed by atoms with E-state index in [0.717, 1.165) is 46.8 Å². The number of aliphatic carboxylic acids is 1. The Morgan fingerprint density at radius 2 is 1.67 bits per heavy atom. The fourth-order valence-corrected chi connectivity index (χ4v) is 5.15. The van der Waals surface area contributed by atoms with Gasteiger partial charge in [0.05, 0.1) is 0 Å². The van der Waals surface area contributed by atoms with Crippen LogP contribution in [0.4, 0.5) is 4.79 Å². The molecule has 0 aromatic heterocycles. The molecule has 1 unspecified atom stereocenters. The van der Waals surface area contributed by atoms with Crippen LogP contribution in [0.15, 0.2) is 48.5 Å². The SMILES string of the molecule is O=C(NC(CCN1CCSCC1)C(=O)O)OCC1c2ccccc2-c2ccccc21. The van der Waals surface area contributed by atoms with Crippen molar-refractivity contribution in [2.24, 2.45) is 0 Å². The second-order valence-corrected chi connectivity index (χ2v) is 8.83. The number of rotatable bonds is 7. The fourth-order valence-electron chi connectivity index (χ4n) is 4.18. The van der Waals surface area contributed by atoms with Gasteiger partial charge in [-0.1, -0.05) is 48.5 Å². The van der Waals surface area contributed by atoms with Crippen LogP contribution in [-0.2, 0) is 9.53 Å². The summed E-state index contributed by atoms with van der Waals surface area (Å²) < 4.78 is 5.48. The normalized spacial score (nSPS) is 17.1. The van der Waals surface area contributed by atoms with Crippen molar-refractivity contribution in [1.82, 2.24) is 10.2 Å². The van der Waals surface area contributed by atoms with Gasteiger partial charge in [-0.3, -0.25) is 0 Å². The fraction of sp³-hybridized carbons (Fsp3) is 0.391. The van der Waals surface area contributed by atoms with Gasteiger partial charge in [0.1, 0.15) is 12.6 Å². The topological polar surface area (TPSA) is 78.9 Å². The maximum atomic E-state index is 12.4. The quantitative estimate of drug-likeness (QED) is 0.706. The number of ether oxygens (including phenoxy) is 1. The summed E-state index contributed by atoms with van der Waals surface area (Å²) >= 11 is 1.91. The number of fused-ring (bicyclic) bond motifs is 3. The molecule has 0 bridgehead atoms. The van der Waals surface area contributed by atoms with E-state index in [1.54, 1.807) is 0 Å². The zero-order valence-electron chi connectivity index (χ0n) is 16.8. The number of carbonyl (C=O) groups excluding carboxylic acids is 1. The van der Waals surface area contributed by atoms with E-state index in [1.165, 1.54) is 0 Å². The van der Waals surface area contributed by atoms with Gasteiger partial charge in [0.15, 0.2) is 0 Å². The lowest BCUT2D eigenvalue weighted by atomic mass is 9.98. The van der Waals surface area contributed by atoms with Crippen molar-refractivity contribution in [3.8, 4) is 11.1 Å². The Kier molecular flexibility index (Phi) is 6.59. The van der Waals surface area contributed by atoms with Gasteiger partial charge in [0, 0.05) is 37.1 Å². The van der Waals surface area contributed by atoms with E-state index in [2.05, 4.69) is 34.5 Å². The Morgan fingerprint density at radius 1 is 1.07 bits per heavy atom. The maximum Gasteiger partial charge on any atom is 0.407 e. The van der Waals surface area contributed by atoms with E-state index >= 15 is 0 Å². The molecule has 0 saturated carbocycles. The highest BCUT2D eigenvalue weighted by atomic mass is 32.2. The molecule has 0 spiro atoms. The van der Waals surface area contributed by atoms with E-state index in [1.807, 2.05) is 36.0 Å². The molecule has 2 aromatic carbocycles. The number of carbonyl (C=O) groups is 2. The smallest absolute Gasteiger partial charge is 0.407 e. The molecule has 7 heteroatoms. The van der Waals surface area contributed by atoms with E-state index in [4.69, 9.17) is 4.74 Å². The maximum absolute atomic E-state index is 12.4. The van der Waals surface area contributed by atoms with E-state index in [-0.39, 0.29) is 12.5 Å². The highest BCUT2D eigenvalue weighted by Gasteiger charge is 2.29. The van der Waals surface area contributed by atoms with Crippen LogP contribution in [0, 0.1) is 0 Å². The third kappa shape index (κ3) is 4.63. The van der Waals surface area contributed by atoms with Gasteiger partial charge >= 0.3 is 12.1 Å². The molecule has 30 heavy (non-hydrogen) atoms. The lowest BCUT2D eigenvalue weighted by molar-refractivity contribution is -0.139. The summed E-state index contributed by atoms with van der Waals surface area (Å²) in [6.45, 7) is 2.75. The molecule has 2 aliphatic rings. The molecule has 1 aliphatic carbocycles. The summed E-state index contributed by atoms with van der Waals surface area (Å²) in [5.74, 6) is 1.06. The Hall–Kier alpha value is -2.51. The summed E-state index contributed by atoms with van der Waals surface area (Å²) in [6, 6.07) is 15.3. The molecule has 1 aliphatic heterocycles. The zero-order chi connectivity index (χ0) is 20.9. The predicted octanol–water partition coefficient (Wildman–Crippen LogP) is 3.42. The summed E-state index contributed by atoms with van der Waals surface area (Å²) in [6.07, 6.45) is -0.317. The third-order valence-electron chi connectivity index (χ3n) is 5.77. The lowest BCUT2D eigenvalue weighted by Crippen LogP contribution is -2.44. The number of benzene rings is 2. The van der Waals surface area contributed by atoms with Gasteiger partial charge in [-0.25, -0.2) is 9.59 Å². The van der Waals surface area contributed by atoms with Crippen molar-refractivity contribution in [1.29, 1.82) is 0 Å². The summed E-state index contributed by atoms with van der Waals surface area (Å²) in [5.41, 5.74) is 4.57. The molecule has 1 atom stereocenters. The minimum absolute atomic E-state index is 0.0442. The van der Waals surface area contributed by atoms with Crippen LogP contribution in [0.2, 0.25) is 0 Å². The van der Waals surface area contributed by atoms with E-state index < -0.39 is 18.1 Å². The van der Waals surface area contributed by atoms with Gasteiger partial charge in [-0.15, -0.1) is 0 Å². The summed E-state index contributed by atoms with van der Waals surface area (Å²) in [7, 11) is 0. The number of carboxylic acid groups (broad SMARTS) is 1. The first-order valence-electron chi connectivity index (χ1n) is 10.3. The average Bonchev–Trinajstić information content (AvgIpc) is 3.09. The minimum Gasteiger partial charge on any atom is -0.480 e. The van der Waals surface area contributed by atoms with Crippen LogP contribution in [0.1, 0.15) is 23.5 Å². The number of hydrogen-bond acceptors (Lipinski definition) is 5. The number of nitrogens with zero attached hydrogens (tertiary/aromatic N) is 1. The zero-order valence-corrected chi connectivity index (χ0v) is 17.6. The number of alkyl carbamates (subject to hydrolysis) is 1. The molecule has 1 saturated heterocycles. The number of amides is 1. The highest BCUT2D eigenvalue weighted by Crippen LogP contribution is 2.44. The Balaban J connectivity index is 1.35. The molecular weight excluding hydrogens is 400 g/mol. The Morgan fingerprint density at radius 3 is 2.27 bits per heavy atom. The van der Waals surface area contributed by atoms with Crippen LogP contribution in [0.25, 0.3) is 11.1 Å².